The van der Waals surface area contributed by atoms with Crippen LogP contribution < -0.4 is 16.8 Å². The van der Waals surface area contributed by atoms with Gasteiger partial charge in [0.2, 0.25) is 0 Å². The molecule has 4 rings (SSSR count). The quantitative estimate of drug-likeness (QED) is 0.766. The molecule has 2 heterocycles. The Morgan fingerprint density at radius 1 is 1.36 bits per heavy atom. The number of carbonyl (C=O) groups excluding carboxylic acids is 1. The van der Waals surface area contributed by atoms with Crippen molar-refractivity contribution in [3.63, 3.8) is 0 Å². The molecule has 5 N–H and O–H groups in total. The number of fused-ring (bicyclic) bond motifs is 2. The average Bonchev–Trinajstić information content (AvgIpc) is 3.06. The van der Waals surface area contributed by atoms with Gasteiger partial charge in [-0.05, 0) is 62.0 Å². The van der Waals surface area contributed by atoms with E-state index in [0.717, 1.165) is 49.8 Å². The molecular weight excluding hydrogens is 334 g/mol. The number of hydrogen-bond acceptors (Lipinski definition) is 5. The van der Waals surface area contributed by atoms with Gasteiger partial charge in [0.05, 0.1) is 11.4 Å². The van der Waals surface area contributed by atoms with Crippen LogP contribution >= 0.6 is 11.8 Å². The predicted octanol–water partition coefficient (Wildman–Crippen LogP) is 1.76. The number of rotatable bonds is 3. The molecule has 3 aliphatic rings. The maximum Gasteiger partial charge on any atom is 0.277 e. The van der Waals surface area contributed by atoms with Crippen molar-refractivity contribution in [3.8, 4) is 0 Å². The molecule has 1 aromatic rings. The number of aliphatic imine (C=N–C) groups is 1. The first kappa shape index (κ1) is 16.7. The Morgan fingerprint density at radius 2 is 2.12 bits per heavy atom. The molecule has 25 heavy (non-hydrogen) atoms. The van der Waals surface area contributed by atoms with Gasteiger partial charge in [0, 0.05) is 24.5 Å². The lowest BCUT2D eigenvalue weighted by Crippen LogP contribution is -2.52. The Labute approximate surface area is 152 Å². The molecule has 1 saturated carbocycles. The molecule has 1 aromatic heterocycles. The molecule has 7 heteroatoms. The molecule has 0 spiro atoms. The monoisotopic (exact) mass is 359 g/mol. The van der Waals surface area contributed by atoms with Crippen LogP contribution in [0.15, 0.2) is 22.8 Å². The van der Waals surface area contributed by atoms with Gasteiger partial charge in [-0.1, -0.05) is 0 Å². The van der Waals surface area contributed by atoms with Crippen LogP contribution in [0.4, 0.5) is 0 Å². The summed E-state index contributed by atoms with van der Waals surface area (Å²) >= 11 is 1.33. The summed E-state index contributed by atoms with van der Waals surface area (Å²) in [6.45, 7) is 0. The second-order valence-electron chi connectivity index (χ2n) is 7.16. The summed E-state index contributed by atoms with van der Waals surface area (Å²) in [6.07, 6.45) is 12.1. The number of hydrogen-bond donors (Lipinski definition) is 3. The van der Waals surface area contributed by atoms with Gasteiger partial charge in [-0.3, -0.25) is 4.79 Å². The summed E-state index contributed by atoms with van der Waals surface area (Å²) in [7, 11) is 0. The van der Waals surface area contributed by atoms with E-state index in [9.17, 15) is 4.79 Å². The lowest BCUT2D eigenvalue weighted by molar-refractivity contribution is -0.120. The summed E-state index contributed by atoms with van der Waals surface area (Å²) in [4.78, 5) is 15.4. The first-order valence-corrected chi connectivity index (χ1v) is 10.1. The summed E-state index contributed by atoms with van der Waals surface area (Å²) in [5, 5.41) is 3.37. The number of nitrogens with zero attached hydrogens (tertiary/aromatic N) is 2. The van der Waals surface area contributed by atoms with Gasteiger partial charge in [-0.15, -0.1) is 11.8 Å². The number of aromatic nitrogens is 1. The Hall–Kier alpha value is -1.73. The number of allylic oxidation sites excluding steroid dienone is 1. The Balaban J connectivity index is 1.73. The van der Waals surface area contributed by atoms with Crippen LogP contribution in [0.3, 0.4) is 0 Å². The van der Waals surface area contributed by atoms with Crippen LogP contribution in [-0.4, -0.2) is 34.0 Å². The van der Waals surface area contributed by atoms with E-state index in [4.69, 9.17) is 11.5 Å². The zero-order chi connectivity index (χ0) is 17.6. The maximum absolute atomic E-state index is 12.0. The fourth-order valence-corrected chi connectivity index (χ4v) is 4.74. The van der Waals surface area contributed by atoms with E-state index in [1.807, 2.05) is 12.5 Å². The highest BCUT2D eigenvalue weighted by Crippen LogP contribution is 2.39. The van der Waals surface area contributed by atoms with Crippen LogP contribution in [0.2, 0.25) is 0 Å². The number of amides is 1. The van der Waals surface area contributed by atoms with Gasteiger partial charge in [0.15, 0.2) is 0 Å². The van der Waals surface area contributed by atoms with Crippen molar-refractivity contribution in [1.29, 1.82) is 0 Å². The van der Waals surface area contributed by atoms with Crippen molar-refractivity contribution in [2.75, 3.05) is 6.26 Å². The van der Waals surface area contributed by atoms with Gasteiger partial charge < -0.3 is 21.4 Å². The molecule has 6 nitrogen and oxygen atoms in total. The molecule has 1 fully saturated rings. The molecule has 1 aliphatic heterocycles. The number of carbonyl (C=O) groups is 1. The second-order valence-corrected chi connectivity index (χ2v) is 8.16. The van der Waals surface area contributed by atoms with Crippen LogP contribution in [0, 0.1) is 0 Å². The van der Waals surface area contributed by atoms with Crippen molar-refractivity contribution < 1.29 is 4.79 Å². The molecular formula is C18H25N5OS. The predicted molar refractivity (Wildman–Crippen MR) is 102 cm³/mol. The summed E-state index contributed by atoms with van der Waals surface area (Å²) in [6, 6.07) is 3.01. The molecule has 0 radical (unpaired) electrons. The normalized spacial score (nSPS) is 31.3. The van der Waals surface area contributed by atoms with E-state index < -0.39 is 10.9 Å². The lowest BCUT2D eigenvalue weighted by Gasteiger charge is -2.36. The number of nitrogens with one attached hydrogen (secondary N) is 1. The van der Waals surface area contributed by atoms with Crippen molar-refractivity contribution >= 4 is 29.6 Å². The van der Waals surface area contributed by atoms with E-state index in [1.54, 1.807) is 0 Å². The minimum atomic E-state index is -1.11. The van der Waals surface area contributed by atoms with Crippen LogP contribution in [-0.2, 0) is 11.2 Å². The fraction of sp³-hybridized carbons (Fsp3) is 0.556. The van der Waals surface area contributed by atoms with Gasteiger partial charge in [0.25, 0.3) is 10.9 Å². The molecule has 1 unspecified atom stereocenters. The molecule has 134 valence electrons. The van der Waals surface area contributed by atoms with E-state index in [0.29, 0.717) is 12.1 Å². The first-order valence-electron chi connectivity index (χ1n) is 8.91. The number of aryl methyl sites for hydroxylation is 1. The van der Waals surface area contributed by atoms with E-state index in [2.05, 4.69) is 27.1 Å². The molecule has 1 amide bonds. The van der Waals surface area contributed by atoms with Gasteiger partial charge >= 0.3 is 0 Å². The molecule has 0 bridgehead atoms. The number of primary amides is 1. The van der Waals surface area contributed by atoms with Gasteiger partial charge in [-0.25, -0.2) is 4.99 Å². The highest BCUT2D eigenvalue weighted by molar-refractivity contribution is 8.00. The standard InChI is InChI=1S/C18H25N5OS/c1-25-18(17(20)24)21-10-12-3-2-11-8-9-23(16(11)15(12)22-18)14-6-4-13(19)5-7-14/h8-10,13-14,22H,2-7,19H2,1H3,(H2,20,24)/t13-,14+,18?. The first-order chi connectivity index (χ1) is 12.0. The van der Waals surface area contributed by atoms with Crippen molar-refractivity contribution in [1.82, 2.24) is 9.88 Å². The lowest BCUT2D eigenvalue weighted by atomic mass is 9.90. The third-order valence-corrected chi connectivity index (χ3v) is 6.68. The average molecular weight is 359 g/mol. The third kappa shape index (κ3) is 2.69. The zero-order valence-electron chi connectivity index (χ0n) is 14.5. The topological polar surface area (TPSA) is 98.4 Å². The molecule has 0 saturated heterocycles. The van der Waals surface area contributed by atoms with Crippen LogP contribution in [0.1, 0.15) is 49.4 Å². The zero-order valence-corrected chi connectivity index (χ0v) is 15.3. The number of thioether (sulfide) groups is 1. The molecule has 2 aliphatic carbocycles. The summed E-state index contributed by atoms with van der Waals surface area (Å²) in [5.74, 6) is -0.461. The van der Waals surface area contributed by atoms with Crippen molar-refractivity contribution in [3.05, 3.63) is 29.1 Å². The van der Waals surface area contributed by atoms with Crippen LogP contribution in [0.5, 0.6) is 0 Å². The SMILES string of the molecule is CSC1(C(N)=O)N=CC2=C(N1)c1c(ccn1[C@H]1CC[C@@H](N)CC1)CC2. The molecule has 1 atom stereocenters. The highest BCUT2D eigenvalue weighted by Gasteiger charge is 2.41. The maximum atomic E-state index is 12.0. The van der Waals surface area contributed by atoms with E-state index in [1.165, 1.54) is 23.0 Å². The van der Waals surface area contributed by atoms with Crippen molar-refractivity contribution in [2.45, 2.75) is 55.6 Å². The second kappa shape index (κ2) is 6.21. The number of nitrogens with two attached hydrogens (primary N) is 2. The summed E-state index contributed by atoms with van der Waals surface area (Å²) < 4.78 is 2.38. The van der Waals surface area contributed by atoms with Crippen molar-refractivity contribution in [2.24, 2.45) is 16.5 Å². The minimum Gasteiger partial charge on any atom is -0.365 e. The van der Waals surface area contributed by atoms with E-state index >= 15 is 0 Å². The Bertz CT molecular complexity index is 760. The fourth-order valence-electron chi connectivity index (χ4n) is 4.18. The minimum absolute atomic E-state index is 0.330. The summed E-state index contributed by atoms with van der Waals surface area (Å²) in [5.41, 5.74) is 16.4. The smallest absolute Gasteiger partial charge is 0.277 e. The largest absolute Gasteiger partial charge is 0.365 e. The Morgan fingerprint density at radius 3 is 2.80 bits per heavy atom. The van der Waals surface area contributed by atoms with Crippen LogP contribution in [0.25, 0.3) is 5.70 Å². The third-order valence-electron chi connectivity index (χ3n) is 5.68. The highest BCUT2D eigenvalue weighted by atomic mass is 32.2. The van der Waals surface area contributed by atoms with Gasteiger partial charge in [0.1, 0.15) is 0 Å². The van der Waals surface area contributed by atoms with E-state index in [-0.39, 0.29) is 0 Å². The molecule has 0 aromatic carbocycles. The van der Waals surface area contributed by atoms with Gasteiger partial charge in [-0.2, -0.15) is 0 Å². The Kier molecular flexibility index (Phi) is 4.16.